The van der Waals surface area contributed by atoms with Crippen LogP contribution in [-0.2, 0) is 48.1 Å². The molecule has 3 N–H and O–H groups in total. The first-order chi connectivity index (χ1) is 24.6. The van der Waals surface area contributed by atoms with E-state index >= 15 is 0 Å². The minimum atomic E-state index is -4.56. The van der Waals surface area contributed by atoms with Gasteiger partial charge in [-0.05, 0) is 69.9 Å². The summed E-state index contributed by atoms with van der Waals surface area (Å²) < 4.78 is 112. The molecule has 21 heteroatoms. The van der Waals surface area contributed by atoms with Crippen LogP contribution in [-0.4, -0.2) is 53.8 Å². The molecule has 55 heavy (non-hydrogen) atoms. The van der Waals surface area contributed by atoms with Crippen molar-refractivity contribution in [3.63, 3.8) is 0 Å². The second-order valence-corrected chi connectivity index (χ2v) is 17.2. The lowest BCUT2D eigenvalue weighted by Gasteiger charge is -2.14. The van der Waals surface area contributed by atoms with E-state index in [-0.39, 0.29) is 60.7 Å². The Kier molecular flexibility index (Phi) is 16.3. The first kappa shape index (κ1) is 47.0. The van der Waals surface area contributed by atoms with Gasteiger partial charge in [-0.3, -0.25) is 15.3 Å². The lowest BCUT2D eigenvalue weighted by atomic mass is 9.98. The summed E-state index contributed by atoms with van der Waals surface area (Å²) in [5.41, 5.74) is 8.03. The van der Waals surface area contributed by atoms with Crippen molar-refractivity contribution in [2.45, 2.75) is 37.2 Å². The average molecular weight is 867 g/mol. The fourth-order valence-corrected chi connectivity index (χ4v) is 8.66. The molecule has 0 bridgehead atoms. The Morgan fingerprint density at radius 1 is 0.782 bits per heavy atom. The Morgan fingerprint density at radius 3 is 1.58 bits per heavy atom. The minimum absolute atomic E-state index is 0. The maximum Gasteiger partial charge on any atom is 0.433 e. The molecule has 0 fully saturated rings. The number of hydrogen-bond donors (Lipinski definition) is 2. The molecule has 5 rings (SSSR count). The number of benzene rings is 2. The average Bonchev–Trinajstić information content (AvgIpc) is 3.36. The van der Waals surface area contributed by atoms with E-state index in [1.165, 1.54) is 24.6 Å². The van der Waals surface area contributed by atoms with Crippen molar-refractivity contribution < 1.29 is 44.3 Å². The number of fused-ring (bicyclic) bond motifs is 3. The second kappa shape index (κ2) is 19.1. The number of nitrogens with zero attached hydrogens (tertiary/aromatic N) is 4. The molecule has 2 aromatic heterocycles. The molecule has 2 aromatic carbocycles. The van der Waals surface area contributed by atoms with Crippen molar-refractivity contribution in [3.05, 3.63) is 119 Å². The number of nitrogens with two attached hydrogens (primary N) is 1. The number of amides is 1. The Labute approximate surface area is 332 Å². The number of pyridine rings is 2. The zero-order chi connectivity index (χ0) is 39.2. The summed E-state index contributed by atoms with van der Waals surface area (Å²) in [5.74, 6) is -0.388. The number of alkyl carbamates (subject to hydrolysis) is 1. The fraction of sp³-hybridized carbons (Fsp3) is 0.265. The molecule has 0 aliphatic heterocycles. The van der Waals surface area contributed by atoms with Gasteiger partial charge in [0.1, 0.15) is 18.0 Å². The summed E-state index contributed by atoms with van der Waals surface area (Å²) in [7, 11) is -5.69. The quantitative estimate of drug-likeness (QED) is 0.145. The van der Waals surface area contributed by atoms with Crippen LogP contribution in [0.25, 0.3) is 11.1 Å². The first-order valence-electron chi connectivity index (χ1n) is 15.0. The van der Waals surface area contributed by atoms with Crippen LogP contribution in [0.2, 0.25) is 0 Å². The summed E-state index contributed by atoms with van der Waals surface area (Å²) in [6.45, 7) is 0.0706. The number of thiocarbonyl (C=S) groups is 2. The van der Waals surface area contributed by atoms with Crippen LogP contribution >= 0.6 is 37.9 Å². The van der Waals surface area contributed by atoms with Crippen molar-refractivity contribution in [2.75, 3.05) is 19.1 Å². The molecule has 2 heterocycles. The molecule has 1 aliphatic rings. The molecule has 0 saturated carbocycles. The van der Waals surface area contributed by atoms with Crippen molar-refractivity contribution in [1.29, 1.82) is 0 Å². The number of alkyl halides is 6. The number of nitrogens with one attached hydrogen (secondary N) is 1. The van der Waals surface area contributed by atoms with Crippen LogP contribution in [0.5, 0.6) is 0 Å². The highest BCUT2D eigenvalue weighted by molar-refractivity contribution is 7.93. The van der Waals surface area contributed by atoms with Crippen LogP contribution in [0, 0.1) is 0 Å². The minimum Gasteiger partial charge on any atom is -0.448 e. The van der Waals surface area contributed by atoms with Gasteiger partial charge in [-0.15, -0.1) is 0 Å². The lowest BCUT2D eigenvalue weighted by Crippen LogP contribution is -2.30. The molecule has 2 unspecified atom stereocenters. The van der Waals surface area contributed by atoms with Gasteiger partial charge in [-0.1, -0.05) is 68.1 Å². The van der Waals surface area contributed by atoms with Gasteiger partial charge in [0.2, 0.25) is 5.11 Å². The topological polar surface area (TPSA) is 149 Å². The third-order valence-corrected chi connectivity index (χ3v) is 10.6. The van der Waals surface area contributed by atoms with Crippen LogP contribution < -0.4 is 11.1 Å². The lowest BCUT2D eigenvalue weighted by molar-refractivity contribution is -0.142. The van der Waals surface area contributed by atoms with Crippen molar-refractivity contribution in [1.82, 2.24) is 15.3 Å². The van der Waals surface area contributed by atoms with Gasteiger partial charge in [-0.25, -0.2) is 13.2 Å². The summed E-state index contributed by atoms with van der Waals surface area (Å²) in [6.07, 6.45) is -5.28. The van der Waals surface area contributed by atoms with Gasteiger partial charge >= 0.3 is 18.4 Å². The summed E-state index contributed by atoms with van der Waals surface area (Å²) in [5, 5.41) is 1.70. The predicted molar refractivity (Wildman–Crippen MR) is 214 cm³/mol. The SMILES string of the molecule is C.CS(=O)(Cc1ccc(C(F)(F)F)nc1)=NC(=S)NC(=O)OCC1c2ccccc2-c2ccccc21.CS(=O)(Cc1ccc(C(F)(F)F)nc1)=NC(N)=S.S. The summed E-state index contributed by atoms with van der Waals surface area (Å²) in [6, 6.07) is 19.8. The maximum absolute atomic E-state index is 12.8. The van der Waals surface area contributed by atoms with E-state index in [9.17, 15) is 39.6 Å². The molecule has 2 atom stereocenters. The third-order valence-electron chi connectivity index (χ3n) is 7.21. The predicted octanol–water partition coefficient (Wildman–Crippen LogP) is 8.21. The molecule has 298 valence electrons. The smallest absolute Gasteiger partial charge is 0.433 e. The number of carbonyl (C=O) groups excluding carboxylic acids is 1. The molecule has 1 amide bonds. The van der Waals surface area contributed by atoms with E-state index in [0.717, 1.165) is 46.8 Å². The van der Waals surface area contributed by atoms with E-state index in [1.807, 2.05) is 48.5 Å². The summed E-state index contributed by atoms with van der Waals surface area (Å²) in [4.78, 5) is 18.9. The molecule has 0 spiro atoms. The highest BCUT2D eigenvalue weighted by Gasteiger charge is 2.33. The zero-order valence-corrected chi connectivity index (χ0v) is 32.4. The van der Waals surface area contributed by atoms with Gasteiger partial charge in [0, 0.05) is 30.8 Å². The van der Waals surface area contributed by atoms with Crippen LogP contribution in [0.4, 0.5) is 31.1 Å². The highest BCUT2D eigenvalue weighted by Crippen LogP contribution is 2.44. The molecule has 0 saturated heterocycles. The number of halogens is 6. The number of carbonyl (C=O) groups is 1. The molecule has 10 nitrogen and oxygen atoms in total. The largest absolute Gasteiger partial charge is 0.448 e. The number of aromatic nitrogens is 2. The van der Waals surface area contributed by atoms with Gasteiger partial charge in [0.15, 0.2) is 5.11 Å². The molecule has 0 radical (unpaired) electrons. The fourth-order valence-electron chi connectivity index (χ4n) is 5.15. The van der Waals surface area contributed by atoms with Crippen molar-refractivity contribution in [2.24, 2.45) is 14.5 Å². The van der Waals surface area contributed by atoms with Crippen LogP contribution in [0.1, 0.15) is 47.0 Å². The Morgan fingerprint density at radius 2 is 1.20 bits per heavy atom. The second-order valence-electron chi connectivity index (χ2n) is 11.6. The standard InChI is InChI=1S/C24H20F3N3O3S2.C9H10F3N3OS2.CH4.H2S/c1-35(32,14-15-10-11-21(28-12-15)24(25,26)27)30-22(34)29-23(31)33-13-20-18-8-4-2-6-16(18)17-7-3-5-9-19(17)20;1-18(16,15-8(13)17)5-6-2-3-7(14-4-6)9(10,11)12;;/h2-12,20H,13-14H2,1H3,(H,29,31,34);2-4H,5H2,1H3,(H2,13,17);1H4;1H2. The Bertz CT molecular complexity index is 2210. The van der Waals surface area contributed by atoms with E-state index in [1.54, 1.807) is 0 Å². The highest BCUT2D eigenvalue weighted by atomic mass is 32.2. The Balaban J connectivity index is 0.000000445. The van der Waals surface area contributed by atoms with Gasteiger partial charge in [0.05, 0.1) is 31.0 Å². The van der Waals surface area contributed by atoms with Gasteiger partial charge in [0.25, 0.3) is 0 Å². The van der Waals surface area contributed by atoms with Gasteiger partial charge in [-0.2, -0.15) is 48.6 Å². The van der Waals surface area contributed by atoms with Crippen molar-refractivity contribution in [3.8, 4) is 11.1 Å². The molecular formula is C34H36F6N6O4S5. The molecule has 1 aliphatic carbocycles. The normalized spacial score (nSPS) is 14.0. The van der Waals surface area contributed by atoms with E-state index in [0.29, 0.717) is 5.56 Å². The number of rotatable bonds is 6. The Hall–Kier alpha value is -4.18. The third kappa shape index (κ3) is 13.8. The van der Waals surface area contributed by atoms with E-state index < -0.39 is 49.3 Å². The maximum atomic E-state index is 12.8. The molecular weight excluding hydrogens is 831 g/mol. The monoisotopic (exact) mass is 866 g/mol. The molecule has 4 aromatic rings. The number of hydrogen-bond acceptors (Lipinski definition) is 8. The number of ether oxygens (including phenoxy) is 1. The van der Waals surface area contributed by atoms with E-state index in [4.69, 9.17) is 22.7 Å². The van der Waals surface area contributed by atoms with Crippen molar-refractivity contribution >= 4 is 73.7 Å². The van der Waals surface area contributed by atoms with Crippen LogP contribution in [0.15, 0.2) is 93.9 Å². The van der Waals surface area contributed by atoms with Crippen LogP contribution in [0.3, 0.4) is 0 Å². The summed E-state index contributed by atoms with van der Waals surface area (Å²) >= 11 is 9.51. The van der Waals surface area contributed by atoms with E-state index in [2.05, 4.69) is 36.2 Å². The zero-order valence-electron chi connectivity index (χ0n) is 28.2. The van der Waals surface area contributed by atoms with Gasteiger partial charge < -0.3 is 10.5 Å². The first-order valence-corrected chi connectivity index (χ1v) is 20.0.